The monoisotopic (exact) mass is 268 g/mol. The van der Waals surface area contributed by atoms with Gasteiger partial charge < -0.3 is 4.74 Å². The third-order valence-electron chi connectivity index (χ3n) is 2.93. The Morgan fingerprint density at radius 2 is 2.06 bits per heavy atom. The molecule has 0 aromatic carbocycles. The number of fused-ring (bicyclic) bond motifs is 1. The Balaban J connectivity index is 2.29. The van der Waals surface area contributed by atoms with Gasteiger partial charge in [-0.05, 0) is 27.2 Å². The molecule has 2 rings (SSSR count). The van der Waals surface area contributed by atoms with Gasteiger partial charge in [0.25, 0.3) is 0 Å². The van der Waals surface area contributed by atoms with Gasteiger partial charge in [-0.1, -0.05) is 11.6 Å². The van der Waals surface area contributed by atoms with Crippen LogP contribution in [0.15, 0.2) is 0 Å². The van der Waals surface area contributed by atoms with E-state index in [-0.39, 0.29) is 0 Å². The van der Waals surface area contributed by atoms with E-state index < -0.39 is 0 Å². The highest BCUT2D eigenvalue weighted by Gasteiger charge is 2.13. The number of halogens is 1. The van der Waals surface area contributed by atoms with Crippen LogP contribution in [0.5, 0.6) is 0 Å². The van der Waals surface area contributed by atoms with Crippen molar-refractivity contribution in [1.29, 1.82) is 0 Å². The fourth-order valence-corrected chi connectivity index (χ4v) is 2.13. The van der Waals surface area contributed by atoms with Crippen LogP contribution in [0.2, 0.25) is 5.15 Å². The molecule has 0 spiro atoms. The molecule has 2 aromatic heterocycles. The lowest BCUT2D eigenvalue weighted by Gasteiger charge is -2.07. The summed E-state index contributed by atoms with van der Waals surface area (Å²) in [5.41, 5.74) is 2.57. The Hall–Kier alpha value is -1.20. The van der Waals surface area contributed by atoms with Crippen molar-refractivity contribution >= 4 is 17.2 Å². The molecule has 0 unspecified atom stereocenters. The second kappa shape index (κ2) is 5.63. The predicted molar refractivity (Wildman–Crippen MR) is 70.1 cm³/mol. The van der Waals surface area contributed by atoms with Crippen molar-refractivity contribution < 1.29 is 4.74 Å². The molecule has 0 atom stereocenters. The van der Waals surface area contributed by atoms with E-state index in [4.69, 9.17) is 16.3 Å². The Morgan fingerprint density at radius 1 is 1.28 bits per heavy atom. The lowest BCUT2D eigenvalue weighted by Crippen LogP contribution is -2.05. The van der Waals surface area contributed by atoms with Crippen LogP contribution in [0.4, 0.5) is 0 Å². The molecule has 0 aliphatic carbocycles. The van der Waals surface area contributed by atoms with Crippen LogP contribution in [-0.4, -0.2) is 32.8 Å². The Kier molecular flexibility index (Phi) is 4.14. The number of ether oxygens (including phenoxy) is 1. The normalized spacial score (nSPS) is 11.3. The zero-order valence-corrected chi connectivity index (χ0v) is 11.7. The van der Waals surface area contributed by atoms with Crippen molar-refractivity contribution in [3.8, 4) is 0 Å². The van der Waals surface area contributed by atoms with Crippen LogP contribution in [0.1, 0.15) is 30.6 Å². The van der Waals surface area contributed by atoms with Crippen LogP contribution in [0, 0.1) is 13.8 Å². The average Bonchev–Trinajstić information content (AvgIpc) is 2.76. The van der Waals surface area contributed by atoms with Crippen LogP contribution >= 0.6 is 11.6 Å². The highest BCUT2D eigenvalue weighted by Crippen LogP contribution is 2.18. The molecule has 2 aromatic rings. The van der Waals surface area contributed by atoms with Crippen molar-refractivity contribution in [2.45, 2.75) is 33.6 Å². The van der Waals surface area contributed by atoms with Crippen LogP contribution in [-0.2, 0) is 11.2 Å². The molecule has 5 nitrogen and oxygen atoms in total. The van der Waals surface area contributed by atoms with Gasteiger partial charge in [0.1, 0.15) is 5.82 Å². The molecule has 0 radical (unpaired) electrons. The van der Waals surface area contributed by atoms with Gasteiger partial charge >= 0.3 is 0 Å². The van der Waals surface area contributed by atoms with Gasteiger partial charge in [-0.3, -0.25) is 4.40 Å². The van der Waals surface area contributed by atoms with Gasteiger partial charge in [-0.25, -0.2) is 4.98 Å². The Bertz CT molecular complexity index is 552. The van der Waals surface area contributed by atoms with Crippen molar-refractivity contribution in [3.05, 3.63) is 22.4 Å². The van der Waals surface area contributed by atoms with Gasteiger partial charge in [0.05, 0.1) is 5.69 Å². The van der Waals surface area contributed by atoms with Gasteiger partial charge in [0, 0.05) is 25.3 Å². The number of hydrogen-bond donors (Lipinski definition) is 0. The number of aromatic nitrogens is 4. The van der Waals surface area contributed by atoms with Crippen molar-refractivity contribution in [2.24, 2.45) is 0 Å². The summed E-state index contributed by atoms with van der Waals surface area (Å²) < 4.78 is 7.31. The lowest BCUT2D eigenvalue weighted by atomic mass is 10.3. The highest BCUT2D eigenvalue weighted by molar-refractivity contribution is 6.32. The number of aryl methyl sites for hydroxylation is 3. The standard InChI is InChI=1S/C12H17ClN4O/c1-4-18-7-5-6-10-15-16-12-11(13)14-8(2)9(3)17(10)12/h4-7H2,1-3H3. The Labute approximate surface area is 111 Å². The SMILES string of the molecule is CCOCCCc1nnc2c(Cl)nc(C)c(C)n12. The first-order chi connectivity index (χ1) is 8.65. The average molecular weight is 269 g/mol. The van der Waals surface area contributed by atoms with Gasteiger partial charge in [-0.2, -0.15) is 0 Å². The maximum Gasteiger partial charge on any atom is 0.198 e. The predicted octanol–water partition coefficient (Wildman–Crippen LogP) is 2.36. The molecule has 0 N–H and O–H groups in total. The molecule has 98 valence electrons. The molecule has 18 heavy (non-hydrogen) atoms. The minimum Gasteiger partial charge on any atom is -0.382 e. The summed E-state index contributed by atoms with van der Waals surface area (Å²) in [6.07, 6.45) is 1.74. The third-order valence-corrected chi connectivity index (χ3v) is 3.19. The van der Waals surface area contributed by atoms with Gasteiger partial charge in [0.15, 0.2) is 10.8 Å². The van der Waals surface area contributed by atoms with E-state index in [2.05, 4.69) is 15.2 Å². The van der Waals surface area contributed by atoms with Crippen LogP contribution in [0.3, 0.4) is 0 Å². The van der Waals surface area contributed by atoms with Crippen LogP contribution < -0.4 is 0 Å². The third kappa shape index (κ3) is 2.47. The lowest BCUT2D eigenvalue weighted by molar-refractivity contribution is 0.145. The maximum atomic E-state index is 6.07. The quantitative estimate of drug-likeness (QED) is 0.781. The topological polar surface area (TPSA) is 52.3 Å². The van der Waals surface area contributed by atoms with E-state index >= 15 is 0 Å². The summed E-state index contributed by atoms with van der Waals surface area (Å²) in [5.74, 6) is 0.912. The minimum atomic E-state index is 0.404. The molecule has 0 saturated heterocycles. The zero-order chi connectivity index (χ0) is 13.1. The van der Waals surface area contributed by atoms with Crippen molar-refractivity contribution in [1.82, 2.24) is 19.6 Å². The van der Waals surface area contributed by atoms with E-state index in [1.54, 1.807) is 0 Å². The molecular weight excluding hydrogens is 252 g/mol. The second-order valence-corrected chi connectivity index (χ2v) is 4.51. The van der Waals surface area contributed by atoms with E-state index in [9.17, 15) is 0 Å². The molecular formula is C12H17ClN4O. The number of hydrogen-bond acceptors (Lipinski definition) is 4. The summed E-state index contributed by atoms with van der Waals surface area (Å²) in [5, 5.41) is 8.69. The van der Waals surface area contributed by atoms with Crippen molar-refractivity contribution in [3.63, 3.8) is 0 Å². The molecule has 6 heteroatoms. The Morgan fingerprint density at radius 3 is 2.78 bits per heavy atom. The van der Waals surface area contributed by atoms with E-state index in [1.807, 2.05) is 25.2 Å². The summed E-state index contributed by atoms with van der Waals surface area (Å²) in [6, 6.07) is 0. The van der Waals surface area contributed by atoms with Gasteiger partial charge in [-0.15, -0.1) is 10.2 Å². The van der Waals surface area contributed by atoms with Crippen LogP contribution in [0.25, 0.3) is 5.65 Å². The van der Waals surface area contributed by atoms with E-state index in [1.165, 1.54) is 0 Å². The first-order valence-electron chi connectivity index (χ1n) is 6.09. The summed E-state index contributed by atoms with van der Waals surface area (Å²) >= 11 is 6.07. The summed E-state index contributed by atoms with van der Waals surface area (Å²) in [4.78, 5) is 4.24. The maximum absolute atomic E-state index is 6.07. The first kappa shape index (κ1) is 13.2. The molecule has 0 fully saturated rings. The molecule has 0 bridgehead atoms. The molecule has 0 aliphatic rings. The van der Waals surface area contributed by atoms with Gasteiger partial charge in [0.2, 0.25) is 0 Å². The first-order valence-corrected chi connectivity index (χ1v) is 6.47. The number of nitrogens with zero attached hydrogens (tertiary/aromatic N) is 4. The molecule has 2 heterocycles. The molecule has 0 amide bonds. The molecule has 0 saturated carbocycles. The van der Waals surface area contributed by atoms with E-state index in [0.29, 0.717) is 10.8 Å². The van der Waals surface area contributed by atoms with Crippen molar-refractivity contribution in [2.75, 3.05) is 13.2 Å². The summed E-state index contributed by atoms with van der Waals surface area (Å²) in [6.45, 7) is 7.41. The molecule has 0 aliphatic heterocycles. The number of rotatable bonds is 5. The highest BCUT2D eigenvalue weighted by atomic mass is 35.5. The zero-order valence-electron chi connectivity index (χ0n) is 10.9. The van der Waals surface area contributed by atoms with E-state index in [0.717, 1.165) is 43.3 Å². The fourth-order valence-electron chi connectivity index (χ4n) is 1.88. The minimum absolute atomic E-state index is 0.404. The smallest absolute Gasteiger partial charge is 0.198 e. The fraction of sp³-hybridized carbons (Fsp3) is 0.583. The summed E-state index contributed by atoms with van der Waals surface area (Å²) in [7, 11) is 0. The second-order valence-electron chi connectivity index (χ2n) is 4.15. The largest absolute Gasteiger partial charge is 0.382 e.